The number of benzene rings is 1. The highest BCUT2D eigenvalue weighted by Crippen LogP contribution is 2.27. The zero-order valence-corrected chi connectivity index (χ0v) is 13.7. The van der Waals surface area contributed by atoms with E-state index in [-0.39, 0.29) is 11.2 Å². The van der Waals surface area contributed by atoms with Crippen LogP contribution in [0.3, 0.4) is 0 Å². The van der Waals surface area contributed by atoms with Gasteiger partial charge in [-0.15, -0.1) is 0 Å². The van der Waals surface area contributed by atoms with Crippen LogP contribution in [-0.2, 0) is 4.79 Å². The number of hydrogen-bond acceptors (Lipinski definition) is 4. The molecular formula is C14H14Cl2N2OS. The third-order valence-corrected chi connectivity index (χ3v) is 4.18. The van der Waals surface area contributed by atoms with Crippen molar-refractivity contribution < 1.29 is 4.79 Å². The smallest absolute Gasteiger partial charge is 0.211 e. The number of rotatable bonds is 4. The van der Waals surface area contributed by atoms with Crippen molar-refractivity contribution in [3.8, 4) is 6.07 Å². The molecule has 0 radical (unpaired) electrons. The van der Waals surface area contributed by atoms with Gasteiger partial charge in [-0.05, 0) is 37.8 Å². The van der Waals surface area contributed by atoms with Crippen LogP contribution >= 0.6 is 35.0 Å². The Morgan fingerprint density at radius 2 is 2.05 bits per heavy atom. The Hall–Kier alpha value is -1.02. The van der Waals surface area contributed by atoms with Crippen LogP contribution in [-0.4, -0.2) is 17.1 Å². The van der Waals surface area contributed by atoms with Crippen LogP contribution in [0, 0.1) is 17.2 Å². The van der Waals surface area contributed by atoms with Gasteiger partial charge in [0.25, 0.3) is 0 Å². The molecule has 1 aromatic rings. The third-order valence-electron chi connectivity index (χ3n) is 2.81. The van der Waals surface area contributed by atoms with Crippen LogP contribution in [0.2, 0.25) is 10.0 Å². The summed E-state index contributed by atoms with van der Waals surface area (Å²) < 4.78 is 0. The summed E-state index contributed by atoms with van der Waals surface area (Å²) in [7, 11) is 0. The summed E-state index contributed by atoms with van der Waals surface area (Å²) in [4.78, 5) is 16.0. The first-order valence-electron chi connectivity index (χ1n) is 5.87. The van der Waals surface area contributed by atoms with Gasteiger partial charge in [-0.25, -0.2) is 0 Å². The van der Waals surface area contributed by atoms with Crippen LogP contribution in [0.15, 0.2) is 23.2 Å². The lowest BCUT2D eigenvalue weighted by molar-refractivity contribution is -0.111. The molecule has 20 heavy (non-hydrogen) atoms. The first-order valence-corrected chi connectivity index (χ1v) is 7.85. The van der Waals surface area contributed by atoms with Crippen molar-refractivity contribution in [3.63, 3.8) is 0 Å². The quantitative estimate of drug-likeness (QED) is 0.762. The van der Waals surface area contributed by atoms with E-state index in [2.05, 4.69) is 4.99 Å². The highest BCUT2D eigenvalue weighted by Gasteiger charge is 2.21. The summed E-state index contributed by atoms with van der Waals surface area (Å²) in [6.45, 7) is 3.57. The van der Waals surface area contributed by atoms with Crippen molar-refractivity contribution in [1.29, 1.82) is 5.26 Å². The fraction of sp³-hybridized carbons (Fsp3) is 0.357. The van der Waals surface area contributed by atoms with Crippen molar-refractivity contribution in [1.82, 2.24) is 0 Å². The van der Waals surface area contributed by atoms with Gasteiger partial charge in [0.1, 0.15) is 0 Å². The van der Waals surface area contributed by atoms with Gasteiger partial charge in [0.2, 0.25) is 5.12 Å². The van der Waals surface area contributed by atoms with Gasteiger partial charge in [0, 0.05) is 5.71 Å². The van der Waals surface area contributed by atoms with E-state index < -0.39 is 5.92 Å². The Morgan fingerprint density at radius 3 is 2.55 bits per heavy atom. The maximum absolute atomic E-state index is 11.6. The Balaban J connectivity index is 3.00. The summed E-state index contributed by atoms with van der Waals surface area (Å²) >= 11 is 12.9. The molecule has 0 N–H and O–H groups in total. The maximum Gasteiger partial charge on any atom is 0.211 e. The van der Waals surface area contributed by atoms with E-state index in [0.717, 1.165) is 17.3 Å². The number of carbonyl (C=O) groups excluding carboxylic acids is 1. The molecule has 2 atom stereocenters. The lowest BCUT2D eigenvalue weighted by Gasteiger charge is -2.12. The van der Waals surface area contributed by atoms with Crippen molar-refractivity contribution in [2.75, 3.05) is 6.26 Å². The second kappa shape index (κ2) is 7.68. The summed E-state index contributed by atoms with van der Waals surface area (Å²) in [6, 6.07) is 7.05. The Kier molecular flexibility index (Phi) is 6.54. The monoisotopic (exact) mass is 328 g/mol. The van der Waals surface area contributed by atoms with E-state index in [9.17, 15) is 4.79 Å². The molecule has 0 aliphatic rings. The molecule has 106 valence electrons. The summed E-state index contributed by atoms with van der Waals surface area (Å²) in [5.74, 6) is -0.810. The number of thioether (sulfide) groups is 1. The molecule has 0 saturated heterocycles. The van der Waals surface area contributed by atoms with Crippen LogP contribution in [0.5, 0.6) is 0 Å². The predicted octanol–water partition coefficient (Wildman–Crippen LogP) is 4.54. The molecule has 0 bridgehead atoms. The van der Waals surface area contributed by atoms with Crippen molar-refractivity contribution in [2.24, 2.45) is 10.9 Å². The molecule has 0 saturated carbocycles. The van der Waals surface area contributed by atoms with Crippen molar-refractivity contribution in [2.45, 2.75) is 19.9 Å². The molecule has 6 heteroatoms. The van der Waals surface area contributed by atoms with E-state index in [1.807, 2.05) is 19.1 Å². The van der Waals surface area contributed by atoms with Crippen LogP contribution < -0.4 is 0 Å². The number of nitriles is 1. The molecular weight excluding hydrogens is 315 g/mol. The predicted molar refractivity (Wildman–Crippen MR) is 85.6 cm³/mol. The van der Waals surface area contributed by atoms with E-state index in [0.29, 0.717) is 15.8 Å². The fourth-order valence-corrected chi connectivity index (χ4v) is 2.43. The average molecular weight is 329 g/mol. The normalized spacial score (nSPS) is 14.5. The summed E-state index contributed by atoms with van der Waals surface area (Å²) in [5.41, 5.74) is 1.39. The zero-order chi connectivity index (χ0) is 15.3. The van der Waals surface area contributed by atoms with E-state index >= 15 is 0 Å². The number of hydrogen-bond donors (Lipinski definition) is 0. The van der Waals surface area contributed by atoms with Gasteiger partial charge in [0.05, 0.1) is 22.2 Å². The minimum absolute atomic E-state index is 0.199. The second-order valence-electron chi connectivity index (χ2n) is 4.21. The lowest BCUT2D eigenvalue weighted by atomic mass is 10.1. The molecule has 0 amide bonds. The van der Waals surface area contributed by atoms with Crippen LogP contribution in [0.1, 0.15) is 25.5 Å². The van der Waals surface area contributed by atoms with Gasteiger partial charge in [-0.1, -0.05) is 41.0 Å². The standard InChI is InChI=1S/C14H14Cl2N2OS/c1-8(10-4-5-12(15)13(16)6-10)18-9(2)11(7-17)14(19)20-3/h4-6,8,11H,1-3H3. The molecule has 1 rings (SSSR count). The number of nitrogens with zero attached hydrogens (tertiary/aromatic N) is 2. The van der Waals surface area contributed by atoms with Gasteiger partial charge >= 0.3 is 0 Å². The minimum Gasteiger partial charge on any atom is -0.285 e. The Bertz CT molecular complexity index is 581. The molecule has 0 aliphatic carbocycles. The average Bonchev–Trinajstić information content (AvgIpc) is 2.42. The summed E-state index contributed by atoms with van der Waals surface area (Å²) in [6.07, 6.45) is 1.66. The maximum atomic E-state index is 11.6. The Morgan fingerprint density at radius 1 is 1.40 bits per heavy atom. The largest absolute Gasteiger partial charge is 0.285 e. The number of carbonyl (C=O) groups is 1. The van der Waals surface area contributed by atoms with Crippen LogP contribution in [0.25, 0.3) is 0 Å². The van der Waals surface area contributed by atoms with Gasteiger partial charge in [-0.2, -0.15) is 5.26 Å². The van der Waals surface area contributed by atoms with Crippen molar-refractivity contribution in [3.05, 3.63) is 33.8 Å². The van der Waals surface area contributed by atoms with E-state index in [1.54, 1.807) is 25.3 Å². The van der Waals surface area contributed by atoms with Gasteiger partial charge < -0.3 is 0 Å². The molecule has 0 aromatic heterocycles. The number of aliphatic imine (C=N–C) groups is 1. The highest BCUT2D eigenvalue weighted by molar-refractivity contribution is 8.13. The Labute approximate surface area is 133 Å². The molecule has 1 aromatic carbocycles. The molecule has 0 heterocycles. The molecule has 0 fully saturated rings. The number of halogens is 2. The fourth-order valence-electron chi connectivity index (χ4n) is 1.66. The van der Waals surface area contributed by atoms with E-state index in [4.69, 9.17) is 28.5 Å². The van der Waals surface area contributed by atoms with Gasteiger partial charge in [0.15, 0.2) is 5.92 Å². The topological polar surface area (TPSA) is 53.2 Å². The minimum atomic E-state index is -0.810. The molecule has 0 aliphatic heterocycles. The first-order chi connectivity index (χ1) is 9.40. The van der Waals surface area contributed by atoms with Crippen LogP contribution in [0.4, 0.5) is 0 Å². The van der Waals surface area contributed by atoms with Crippen molar-refractivity contribution >= 4 is 45.8 Å². The SMILES string of the molecule is CSC(=O)C(C#N)C(C)=NC(C)c1ccc(Cl)c(Cl)c1. The van der Waals surface area contributed by atoms with E-state index in [1.165, 1.54) is 0 Å². The van der Waals surface area contributed by atoms with Gasteiger partial charge in [-0.3, -0.25) is 9.79 Å². The third kappa shape index (κ3) is 4.24. The molecule has 0 spiro atoms. The molecule has 2 unspecified atom stereocenters. The second-order valence-corrected chi connectivity index (χ2v) is 5.83. The summed E-state index contributed by atoms with van der Waals surface area (Å²) in [5, 5.41) is 9.80. The lowest BCUT2D eigenvalue weighted by Crippen LogP contribution is -2.18. The highest BCUT2D eigenvalue weighted by atomic mass is 35.5. The zero-order valence-electron chi connectivity index (χ0n) is 11.4. The molecule has 3 nitrogen and oxygen atoms in total. The first kappa shape index (κ1) is 17.0.